The van der Waals surface area contributed by atoms with E-state index in [2.05, 4.69) is 5.10 Å². The van der Waals surface area contributed by atoms with Gasteiger partial charge in [0.05, 0.1) is 28.4 Å². The van der Waals surface area contributed by atoms with Crippen LogP contribution in [0.4, 0.5) is 4.39 Å². The summed E-state index contributed by atoms with van der Waals surface area (Å²) < 4.78 is 15.1. The molecule has 28 heavy (non-hydrogen) atoms. The maximum atomic E-state index is 13.3. The predicted molar refractivity (Wildman–Crippen MR) is 104 cm³/mol. The summed E-state index contributed by atoms with van der Waals surface area (Å²) in [4.78, 5) is 11.2. The van der Waals surface area contributed by atoms with E-state index in [1.807, 2.05) is 25.1 Å². The molecule has 146 valence electrons. The molecule has 2 aromatic carbocycles. The fourth-order valence-electron chi connectivity index (χ4n) is 4.14. The van der Waals surface area contributed by atoms with Gasteiger partial charge in [0.15, 0.2) is 0 Å². The van der Waals surface area contributed by atoms with E-state index in [0.29, 0.717) is 25.7 Å². The molecular weight excluding hydrogens is 359 g/mol. The van der Waals surface area contributed by atoms with Gasteiger partial charge in [-0.2, -0.15) is 5.10 Å². The van der Waals surface area contributed by atoms with Crippen LogP contribution in [0.3, 0.4) is 0 Å². The molecule has 3 aromatic rings. The van der Waals surface area contributed by atoms with Crippen molar-refractivity contribution in [1.29, 1.82) is 0 Å². The number of carbonyl (C=O) groups is 1. The number of nitrogens with zero attached hydrogens (tertiary/aromatic N) is 2. The molecule has 5 nitrogen and oxygen atoms in total. The van der Waals surface area contributed by atoms with Crippen molar-refractivity contribution in [1.82, 2.24) is 9.78 Å². The van der Waals surface area contributed by atoms with E-state index in [9.17, 15) is 19.4 Å². The molecule has 1 aliphatic rings. The van der Waals surface area contributed by atoms with Crippen LogP contribution in [0.2, 0.25) is 0 Å². The molecule has 0 unspecified atom stereocenters. The highest BCUT2D eigenvalue weighted by molar-refractivity contribution is 5.84. The van der Waals surface area contributed by atoms with Gasteiger partial charge in [-0.1, -0.05) is 19.1 Å². The predicted octanol–water partition coefficient (Wildman–Crippen LogP) is 4.19. The summed E-state index contributed by atoms with van der Waals surface area (Å²) in [5.41, 5.74) is 2.28. The first-order valence-corrected chi connectivity index (χ1v) is 9.64. The molecule has 2 N–H and O–H groups in total. The van der Waals surface area contributed by atoms with E-state index in [1.165, 1.54) is 12.1 Å². The molecule has 4 rings (SSSR count). The van der Waals surface area contributed by atoms with Crippen LogP contribution in [0.25, 0.3) is 16.6 Å². The minimum absolute atomic E-state index is 0.305. The Bertz CT molecular complexity index is 1020. The molecule has 0 atom stereocenters. The van der Waals surface area contributed by atoms with Crippen molar-refractivity contribution in [2.75, 3.05) is 0 Å². The van der Waals surface area contributed by atoms with Gasteiger partial charge in [0, 0.05) is 5.39 Å². The zero-order valence-electron chi connectivity index (χ0n) is 15.7. The maximum absolute atomic E-state index is 13.3. The zero-order chi connectivity index (χ0) is 19.9. The maximum Gasteiger partial charge on any atom is 0.306 e. The van der Waals surface area contributed by atoms with Crippen molar-refractivity contribution >= 4 is 16.9 Å². The first kappa shape index (κ1) is 18.6. The normalized spacial score (nSPS) is 22.5. The van der Waals surface area contributed by atoms with Crippen molar-refractivity contribution in [2.24, 2.45) is 5.92 Å². The molecule has 1 aliphatic carbocycles. The fraction of sp³-hybridized carbons (Fsp3) is 0.364. The lowest BCUT2D eigenvalue weighted by molar-refractivity contribution is -0.145. The third-order valence-electron chi connectivity index (χ3n) is 5.86. The average molecular weight is 382 g/mol. The Morgan fingerprint density at radius 1 is 1.21 bits per heavy atom. The van der Waals surface area contributed by atoms with Crippen LogP contribution in [0.15, 0.2) is 42.5 Å². The molecule has 0 amide bonds. The molecule has 1 fully saturated rings. The van der Waals surface area contributed by atoms with Gasteiger partial charge in [-0.15, -0.1) is 0 Å². The average Bonchev–Trinajstić information content (AvgIpc) is 3.07. The standard InChI is InChI=1S/C22H23FN2O3/c1-2-19-18-8-3-15(22(28)11-9-14(10-12-22)21(26)27)13-20(18)25(24-19)17-6-4-16(23)5-7-17/h3-8,13-14,28H,2,9-12H2,1H3,(H,26,27). The van der Waals surface area contributed by atoms with Crippen LogP contribution >= 0.6 is 0 Å². The Balaban J connectivity index is 1.77. The summed E-state index contributed by atoms with van der Waals surface area (Å²) in [5, 5.41) is 26.1. The van der Waals surface area contributed by atoms with Crippen molar-refractivity contribution in [3.05, 3.63) is 59.5 Å². The minimum atomic E-state index is -1.04. The number of aliphatic hydroxyl groups is 1. The van der Waals surface area contributed by atoms with Crippen LogP contribution < -0.4 is 0 Å². The van der Waals surface area contributed by atoms with Gasteiger partial charge < -0.3 is 10.2 Å². The number of halogens is 1. The van der Waals surface area contributed by atoms with E-state index >= 15 is 0 Å². The highest BCUT2D eigenvalue weighted by atomic mass is 19.1. The molecule has 0 bridgehead atoms. The van der Waals surface area contributed by atoms with Crippen LogP contribution in [0.1, 0.15) is 43.9 Å². The van der Waals surface area contributed by atoms with Gasteiger partial charge in [-0.3, -0.25) is 4.79 Å². The summed E-state index contributed by atoms with van der Waals surface area (Å²) in [6.45, 7) is 2.03. The van der Waals surface area contributed by atoms with Gasteiger partial charge in [-0.05, 0) is 68.0 Å². The Labute approximate surface area is 162 Å². The Kier molecular flexibility index (Phi) is 4.67. The summed E-state index contributed by atoms with van der Waals surface area (Å²) in [5.74, 6) is -1.49. The van der Waals surface area contributed by atoms with Crippen LogP contribution in [-0.2, 0) is 16.8 Å². The van der Waals surface area contributed by atoms with E-state index in [-0.39, 0.29) is 11.7 Å². The fourth-order valence-corrected chi connectivity index (χ4v) is 4.14. The van der Waals surface area contributed by atoms with Gasteiger partial charge in [0.2, 0.25) is 0 Å². The Hall–Kier alpha value is -2.73. The first-order valence-electron chi connectivity index (χ1n) is 9.64. The van der Waals surface area contributed by atoms with Gasteiger partial charge in [0.1, 0.15) is 5.82 Å². The first-order chi connectivity index (χ1) is 13.4. The number of carboxylic acids is 1. The van der Waals surface area contributed by atoms with Gasteiger partial charge >= 0.3 is 5.97 Å². The Morgan fingerprint density at radius 3 is 2.50 bits per heavy atom. The molecule has 1 heterocycles. The number of hydrogen-bond donors (Lipinski definition) is 2. The number of aliphatic carboxylic acids is 1. The number of aryl methyl sites for hydroxylation is 1. The molecule has 0 spiro atoms. The molecule has 1 aromatic heterocycles. The van der Waals surface area contributed by atoms with Crippen molar-refractivity contribution < 1.29 is 19.4 Å². The summed E-state index contributed by atoms with van der Waals surface area (Å²) in [6, 6.07) is 12.0. The molecule has 0 radical (unpaired) electrons. The van der Waals surface area contributed by atoms with E-state index in [0.717, 1.165) is 34.3 Å². The van der Waals surface area contributed by atoms with Crippen molar-refractivity contribution in [2.45, 2.75) is 44.6 Å². The molecule has 6 heteroatoms. The number of carboxylic acid groups (broad SMARTS) is 1. The van der Waals surface area contributed by atoms with E-state index in [4.69, 9.17) is 0 Å². The second kappa shape index (κ2) is 7.02. The number of rotatable bonds is 4. The third kappa shape index (κ3) is 3.18. The summed E-state index contributed by atoms with van der Waals surface area (Å²) in [6.07, 6.45) is 2.51. The monoisotopic (exact) mass is 382 g/mol. The van der Waals surface area contributed by atoms with Crippen LogP contribution in [0, 0.1) is 11.7 Å². The van der Waals surface area contributed by atoms with Crippen molar-refractivity contribution in [3.8, 4) is 5.69 Å². The molecular formula is C22H23FN2O3. The lowest BCUT2D eigenvalue weighted by Crippen LogP contribution is -2.33. The zero-order valence-corrected chi connectivity index (χ0v) is 15.7. The minimum Gasteiger partial charge on any atom is -0.481 e. The quantitative estimate of drug-likeness (QED) is 0.709. The SMILES string of the molecule is CCc1nn(-c2ccc(F)cc2)c2cc(C3(O)CCC(C(=O)O)CC3)ccc12. The lowest BCUT2D eigenvalue weighted by Gasteiger charge is -2.35. The lowest BCUT2D eigenvalue weighted by atomic mass is 9.75. The summed E-state index contributed by atoms with van der Waals surface area (Å²) in [7, 11) is 0. The van der Waals surface area contributed by atoms with Crippen LogP contribution in [0.5, 0.6) is 0 Å². The number of fused-ring (bicyclic) bond motifs is 1. The molecule has 0 aliphatic heterocycles. The smallest absolute Gasteiger partial charge is 0.306 e. The molecule has 0 saturated heterocycles. The molecule has 1 saturated carbocycles. The van der Waals surface area contributed by atoms with Gasteiger partial charge in [-0.25, -0.2) is 9.07 Å². The second-order valence-corrected chi connectivity index (χ2v) is 7.56. The second-order valence-electron chi connectivity index (χ2n) is 7.56. The number of benzene rings is 2. The highest BCUT2D eigenvalue weighted by Gasteiger charge is 2.37. The Morgan fingerprint density at radius 2 is 1.89 bits per heavy atom. The van der Waals surface area contributed by atoms with E-state index in [1.54, 1.807) is 16.8 Å². The van der Waals surface area contributed by atoms with E-state index < -0.39 is 11.6 Å². The highest BCUT2D eigenvalue weighted by Crippen LogP contribution is 2.40. The van der Waals surface area contributed by atoms with Crippen LogP contribution in [-0.4, -0.2) is 26.0 Å². The summed E-state index contributed by atoms with van der Waals surface area (Å²) >= 11 is 0. The topological polar surface area (TPSA) is 75.3 Å². The van der Waals surface area contributed by atoms with Gasteiger partial charge in [0.25, 0.3) is 0 Å². The third-order valence-corrected chi connectivity index (χ3v) is 5.86. The number of hydrogen-bond acceptors (Lipinski definition) is 3. The number of aromatic nitrogens is 2. The van der Waals surface area contributed by atoms with Crippen molar-refractivity contribution in [3.63, 3.8) is 0 Å². The largest absolute Gasteiger partial charge is 0.481 e.